The highest BCUT2D eigenvalue weighted by molar-refractivity contribution is 5.83. The van der Waals surface area contributed by atoms with E-state index in [1.54, 1.807) is 12.3 Å². The highest BCUT2D eigenvalue weighted by Gasteiger charge is 2.17. The van der Waals surface area contributed by atoms with E-state index in [-0.39, 0.29) is 11.7 Å². The van der Waals surface area contributed by atoms with Crippen molar-refractivity contribution < 1.29 is 8.83 Å². The molecule has 0 saturated heterocycles. The van der Waals surface area contributed by atoms with E-state index in [9.17, 15) is 4.79 Å². The van der Waals surface area contributed by atoms with E-state index in [0.29, 0.717) is 12.1 Å². The van der Waals surface area contributed by atoms with Gasteiger partial charge in [0.1, 0.15) is 11.3 Å². The molecule has 136 valence electrons. The average Bonchev–Trinajstić information content (AvgIpc) is 3.20. The van der Waals surface area contributed by atoms with Gasteiger partial charge >= 0.3 is 5.63 Å². The van der Waals surface area contributed by atoms with Crippen LogP contribution in [0, 0.1) is 13.8 Å². The summed E-state index contributed by atoms with van der Waals surface area (Å²) in [6.07, 6.45) is 1.67. The zero-order valence-electron chi connectivity index (χ0n) is 15.4. The molecule has 0 unspecified atom stereocenters. The van der Waals surface area contributed by atoms with Gasteiger partial charge < -0.3 is 8.83 Å². The maximum atomic E-state index is 12.1. The number of fused-ring (bicyclic) bond motifs is 1. The summed E-state index contributed by atoms with van der Waals surface area (Å²) in [6, 6.07) is 19.5. The van der Waals surface area contributed by atoms with Crippen LogP contribution >= 0.6 is 0 Å². The molecule has 4 nitrogen and oxygen atoms in total. The Morgan fingerprint density at radius 1 is 1.00 bits per heavy atom. The molecule has 4 aromatic rings. The van der Waals surface area contributed by atoms with Crippen LogP contribution in [0.5, 0.6) is 0 Å². The standard InChI is InChI=1S/C23H21NO3/c1-15-10-11-19-18(13-21(25)27-23(19)16(15)2)14-24-22(20-9-6-12-26-20)17-7-4-3-5-8-17/h3-13,22,24H,14H2,1-2H3/t22-/m1/s1. The van der Waals surface area contributed by atoms with E-state index < -0.39 is 0 Å². The van der Waals surface area contributed by atoms with Gasteiger partial charge in [0.2, 0.25) is 0 Å². The van der Waals surface area contributed by atoms with Crippen LogP contribution in [-0.2, 0) is 6.54 Å². The molecule has 27 heavy (non-hydrogen) atoms. The Bertz CT molecular complexity index is 1110. The fraction of sp³-hybridized carbons (Fsp3) is 0.174. The smallest absolute Gasteiger partial charge is 0.336 e. The molecule has 0 fully saturated rings. The predicted octanol–water partition coefficient (Wildman–Crippen LogP) is 4.88. The molecule has 0 aliphatic rings. The van der Waals surface area contributed by atoms with E-state index in [4.69, 9.17) is 8.83 Å². The molecule has 0 aliphatic heterocycles. The maximum Gasteiger partial charge on any atom is 0.336 e. The monoisotopic (exact) mass is 359 g/mol. The number of nitrogens with one attached hydrogen (secondary N) is 1. The average molecular weight is 359 g/mol. The highest BCUT2D eigenvalue weighted by atomic mass is 16.4. The summed E-state index contributed by atoms with van der Waals surface area (Å²) in [5, 5.41) is 4.49. The van der Waals surface area contributed by atoms with Crippen molar-refractivity contribution >= 4 is 11.0 Å². The van der Waals surface area contributed by atoms with Crippen LogP contribution in [0.1, 0.15) is 34.1 Å². The number of furan rings is 1. The second kappa shape index (κ2) is 7.25. The van der Waals surface area contributed by atoms with Gasteiger partial charge in [-0.25, -0.2) is 4.79 Å². The molecule has 0 saturated carbocycles. The number of hydrogen-bond acceptors (Lipinski definition) is 4. The fourth-order valence-corrected chi connectivity index (χ4v) is 3.37. The molecule has 0 amide bonds. The molecular weight excluding hydrogens is 338 g/mol. The molecule has 0 spiro atoms. The maximum absolute atomic E-state index is 12.1. The van der Waals surface area contributed by atoms with Crippen molar-refractivity contribution in [2.75, 3.05) is 0 Å². The van der Waals surface area contributed by atoms with Crippen molar-refractivity contribution in [2.24, 2.45) is 0 Å². The molecule has 1 atom stereocenters. The summed E-state index contributed by atoms with van der Waals surface area (Å²) >= 11 is 0. The molecule has 2 heterocycles. The first-order valence-electron chi connectivity index (χ1n) is 8.98. The van der Waals surface area contributed by atoms with Gasteiger partial charge in [-0.3, -0.25) is 5.32 Å². The van der Waals surface area contributed by atoms with Gasteiger partial charge in [0.25, 0.3) is 0 Å². The lowest BCUT2D eigenvalue weighted by molar-refractivity contribution is 0.445. The molecular formula is C23H21NO3. The molecule has 0 bridgehead atoms. The van der Waals surface area contributed by atoms with E-state index in [1.165, 1.54) is 0 Å². The zero-order chi connectivity index (χ0) is 18.8. The van der Waals surface area contributed by atoms with Gasteiger partial charge in [0.15, 0.2) is 0 Å². The third-order valence-corrected chi connectivity index (χ3v) is 4.97. The van der Waals surface area contributed by atoms with Crippen LogP contribution in [-0.4, -0.2) is 0 Å². The van der Waals surface area contributed by atoms with Crippen molar-refractivity contribution in [3.05, 3.63) is 105 Å². The van der Waals surface area contributed by atoms with Gasteiger partial charge in [-0.2, -0.15) is 0 Å². The van der Waals surface area contributed by atoms with Crippen molar-refractivity contribution in [2.45, 2.75) is 26.4 Å². The quantitative estimate of drug-likeness (QED) is 0.516. The van der Waals surface area contributed by atoms with Crippen LogP contribution in [0.4, 0.5) is 0 Å². The fourth-order valence-electron chi connectivity index (χ4n) is 3.37. The topological polar surface area (TPSA) is 55.4 Å². The molecule has 2 aromatic carbocycles. The van der Waals surface area contributed by atoms with Gasteiger partial charge in [0.05, 0.1) is 12.3 Å². The van der Waals surface area contributed by atoms with Gasteiger partial charge in [0, 0.05) is 18.0 Å². The van der Waals surface area contributed by atoms with E-state index >= 15 is 0 Å². The second-order valence-corrected chi connectivity index (χ2v) is 6.71. The summed E-state index contributed by atoms with van der Waals surface area (Å²) < 4.78 is 11.1. The van der Waals surface area contributed by atoms with Crippen molar-refractivity contribution in [3.63, 3.8) is 0 Å². The Labute approximate surface area is 157 Å². The van der Waals surface area contributed by atoms with Gasteiger partial charge in [-0.1, -0.05) is 42.5 Å². The minimum atomic E-state index is -0.331. The Morgan fingerprint density at radius 3 is 2.56 bits per heavy atom. The lowest BCUT2D eigenvalue weighted by Gasteiger charge is -2.18. The van der Waals surface area contributed by atoms with Crippen molar-refractivity contribution in [1.29, 1.82) is 0 Å². The van der Waals surface area contributed by atoms with Crippen LogP contribution in [0.15, 0.2) is 80.6 Å². The first-order chi connectivity index (χ1) is 13.1. The van der Waals surface area contributed by atoms with Crippen LogP contribution < -0.4 is 10.9 Å². The van der Waals surface area contributed by atoms with E-state index in [1.807, 2.05) is 50.2 Å². The summed E-state index contributed by atoms with van der Waals surface area (Å²) in [6.45, 7) is 4.51. The highest BCUT2D eigenvalue weighted by Crippen LogP contribution is 2.26. The largest absolute Gasteiger partial charge is 0.467 e. The lowest BCUT2D eigenvalue weighted by atomic mass is 10.0. The number of benzene rings is 2. The van der Waals surface area contributed by atoms with Crippen LogP contribution in [0.3, 0.4) is 0 Å². The molecule has 2 aromatic heterocycles. The predicted molar refractivity (Wildman–Crippen MR) is 106 cm³/mol. The van der Waals surface area contributed by atoms with Crippen molar-refractivity contribution in [1.82, 2.24) is 5.32 Å². The zero-order valence-corrected chi connectivity index (χ0v) is 15.4. The SMILES string of the molecule is Cc1ccc2c(CN[C@H](c3ccccc3)c3ccco3)cc(=O)oc2c1C. The molecule has 4 heteroatoms. The second-order valence-electron chi connectivity index (χ2n) is 6.71. The molecule has 1 N–H and O–H groups in total. The summed E-state index contributed by atoms with van der Waals surface area (Å²) in [7, 11) is 0. The van der Waals surface area contributed by atoms with Gasteiger partial charge in [-0.15, -0.1) is 0 Å². The van der Waals surface area contributed by atoms with Crippen molar-refractivity contribution in [3.8, 4) is 0 Å². The minimum Gasteiger partial charge on any atom is -0.467 e. The Kier molecular flexibility index (Phi) is 4.65. The Morgan fingerprint density at radius 2 is 1.81 bits per heavy atom. The molecule has 4 rings (SSSR count). The Hall–Kier alpha value is -3.11. The number of rotatable bonds is 5. The first kappa shape index (κ1) is 17.3. The number of hydrogen-bond donors (Lipinski definition) is 1. The van der Waals surface area contributed by atoms with E-state index in [2.05, 4.69) is 23.5 Å². The summed E-state index contributed by atoms with van der Waals surface area (Å²) in [4.78, 5) is 12.1. The molecule has 0 aliphatic carbocycles. The lowest BCUT2D eigenvalue weighted by Crippen LogP contribution is -2.22. The molecule has 0 radical (unpaired) electrons. The van der Waals surface area contributed by atoms with E-state index in [0.717, 1.165) is 33.4 Å². The normalized spacial score (nSPS) is 12.4. The van der Waals surface area contributed by atoms with Gasteiger partial charge in [-0.05, 0) is 48.2 Å². The third kappa shape index (κ3) is 3.44. The summed E-state index contributed by atoms with van der Waals surface area (Å²) in [5.41, 5.74) is 4.45. The Balaban J connectivity index is 1.71. The third-order valence-electron chi connectivity index (χ3n) is 4.97. The van der Waals surface area contributed by atoms with Crippen LogP contribution in [0.2, 0.25) is 0 Å². The first-order valence-corrected chi connectivity index (χ1v) is 8.98. The summed E-state index contributed by atoms with van der Waals surface area (Å²) in [5.74, 6) is 0.834. The van der Waals surface area contributed by atoms with Crippen LogP contribution in [0.25, 0.3) is 11.0 Å². The minimum absolute atomic E-state index is 0.102. The number of aryl methyl sites for hydroxylation is 2.